The Morgan fingerprint density at radius 1 is 1.50 bits per heavy atom. The van der Waals surface area contributed by atoms with Crippen molar-refractivity contribution in [3.05, 3.63) is 51.7 Å². The van der Waals surface area contributed by atoms with E-state index in [1.54, 1.807) is 36.5 Å². The topological polar surface area (TPSA) is 65.4 Å². The third-order valence-electron chi connectivity index (χ3n) is 4.60. The number of thiophene rings is 1. The highest BCUT2D eigenvalue weighted by Crippen LogP contribution is 2.28. The van der Waals surface area contributed by atoms with E-state index in [1.165, 1.54) is 4.88 Å². The summed E-state index contributed by atoms with van der Waals surface area (Å²) < 4.78 is 5.68. The van der Waals surface area contributed by atoms with Gasteiger partial charge in [-0.1, -0.05) is 6.07 Å². The maximum absolute atomic E-state index is 11.9. The van der Waals surface area contributed by atoms with Crippen LogP contribution in [0.1, 0.15) is 40.7 Å². The summed E-state index contributed by atoms with van der Waals surface area (Å²) in [6.45, 7) is 6.80. The normalized spacial score (nSPS) is 18.9. The van der Waals surface area contributed by atoms with Crippen LogP contribution in [0, 0.1) is 11.3 Å². The minimum atomic E-state index is -0.00958. The van der Waals surface area contributed by atoms with E-state index < -0.39 is 0 Å². The predicted molar refractivity (Wildman–Crippen MR) is 104 cm³/mol. The van der Waals surface area contributed by atoms with Crippen molar-refractivity contribution in [2.45, 2.75) is 26.0 Å². The van der Waals surface area contributed by atoms with Gasteiger partial charge in [0, 0.05) is 35.8 Å². The molecular formula is C20H23N3O2S. The zero-order chi connectivity index (χ0) is 18.5. The minimum absolute atomic E-state index is 0.00958. The Bertz CT molecular complexity index is 798. The van der Waals surface area contributed by atoms with Gasteiger partial charge in [-0.2, -0.15) is 5.26 Å². The summed E-state index contributed by atoms with van der Waals surface area (Å²) in [5, 5.41) is 14.7. The second-order valence-corrected chi connectivity index (χ2v) is 7.50. The number of carbonyl (C=O) groups excluding carboxylic acids is 1. The van der Waals surface area contributed by atoms with E-state index in [-0.39, 0.29) is 17.9 Å². The van der Waals surface area contributed by atoms with Crippen LogP contribution in [0.25, 0.3) is 0 Å². The molecule has 1 saturated heterocycles. The van der Waals surface area contributed by atoms with Gasteiger partial charge in [0.15, 0.2) is 5.78 Å². The summed E-state index contributed by atoms with van der Waals surface area (Å²) in [5.41, 5.74) is 1.88. The van der Waals surface area contributed by atoms with Gasteiger partial charge in [-0.05, 0) is 43.5 Å². The number of rotatable bonds is 6. The number of ether oxygens (including phenoxy) is 1. The molecular weight excluding hydrogens is 346 g/mol. The SMILES string of the molecule is CC(=O)c1ccc(C#N)cc1NCC(c1cccs1)N1CCOC(C)C1. The van der Waals surface area contributed by atoms with Gasteiger partial charge < -0.3 is 10.1 Å². The molecule has 1 fully saturated rings. The molecule has 136 valence electrons. The summed E-state index contributed by atoms with van der Waals surface area (Å²) in [4.78, 5) is 15.6. The lowest BCUT2D eigenvalue weighted by Crippen LogP contribution is -2.44. The van der Waals surface area contributed by atoms with Gasteiger partial charge in [0.25, 0.3) is 0 Å². The Morgan fingerprint density at radius 2 is 2.35 bits per heavy atom. The largest absolute Gasteiger partial charge is 0.382 e. The Hall–Kier alpha value is -2.20. The van der Waals surface area contributed by atoms with Gasteiger partial charge >= 0.3 is 0 Å². The maximum atomic E-state index is 11.9. The lowest BCUT2D eigenvalue weighted by atomic mass is 10.1. The van der Waals surface area contributed by atoms with Crippen molar-refractivity contribution in [3.8, 4) is 6.07 Å². The van der Waals surface area contributed by atoms with Gasteiger partial charge in [0.05, 0.1) is 30.4 Å². The standard InChI is InChI=1S/C20H23N3O2S/c1-14-13-23(7-8-25-14)19(20-4-3-9-26-20)12-22-18-10-16(11-21)5-6-17(18)15(2)24/h3-6,9-10,14,19,22H,7-8,12-13H2,1-2H3. The molecule has 1 aliphatic heterocycles. The van der Waals surface area contributed by atoms with Crippen molar-refractivity contribution in [2.75, 3.05) is 31.6 Å². The van der Waals surface area contributed by atoms with Crippen LogP contribution < -0.4 is 5.32 Å². The smallest absolute Gasteiger partial charge is 0.161 e. The van der Waals surface area contributed by atoms with Crippen LogP contribution in [0.5, 0.6) is 0 Å². The van der Waals surface area contributed by atoms with Gasteiger partial charge in [-0.15, -0.1) is 11.3 Å². The van der Waals surface area contributed by atoms with Crippen molar-refractivity contribution in [3.63, 3.8) is 0 Å². The fraction of sp³-hybridized carbons (Fsp3) is 0.400. The Morgan fingerprint density at radius 3 is 3.00 bits per heavy atom. The van der Waals surface area contributed by atoms with Crippen LogP contribution in [0.4, 0.5) is 5.69 Å². The van der Waals surface area contributed by atoms with Crippen molar-refractivity contribution < 1.29 is 9.53 Å². The highest BCUT2D eigenvalue weighted by atomic mass is 32.1. The van der Waals surface area contributed by atoms with E-state index in [9.17, 15) is 4.79 Å². The van der Waals surface area contributed by atoms with Crippen LogP contribution >= 0.6 is 11.3 Å². The Balaban J connectivity index is 1.82. The first-order valence-electron chi connectivity index (χ1n) is 8.76. The number of nitrogens with one attached hydrogen (secondary N) is 1. The number of anilines is 1. The van der Waals surface area contributed by atoms with Crippen LogP contribution in [-0.4, -0.2) is 43.0 Å². The number of benzene rings is 1. The van der Waals surface area contributed by atoms with Crippen molar-refractivity contribution >= 4 is 22.8 Å². The summed E-state index contributed by atoms with van der Waals surface area (Å²) >= 11 is 1.74. The predicted octanol–water partition coefficient (Wildman–Crippen LogP) is 3.70. The molecule has 0 bridgehead atoms. The van der Waals surface area contributed by atoms with Crippen molar-refractivity contribution in [1.29, 1.82) is 5.26 Å². The number of ketones is 1. The zero-order valence-electron chi connectivity index (χ0n) is 15.1. The van der Waals surface area contributed by atoms with E-state index in [0.717, 1.165) is 25.4 Å². The fourth-order valence-electron chi connectivity index (χ4n) is 3.29. The number of carbonyl (C=O) groups is 1. The number of nitriles is 1. The monoisotopic (exact) mass is 369 g/mol. The van der Waals surface area contributed by atoms with Gasteiger partial charge in [0.2, 0.25) is 0 Å². The zero-order valence-corrected chi connectivity index (χ0v) is 15.9. The maximum Gasteiger partial charge on any atom is 0.161 e. The van der Waals surface area contributed by atoms with Crippen LogP contribution in [0.3, 0.4) is 0 Å². The van der Waals surface area contributed by atoms with Gasteiger partial charge in [-0.25, -0.2) is 0 Å². The second kappa shape index (κ2) is 8.45. The lowest BCUT2D eigenvalue weighted by Gasteiger charge is -2.37. The number of Topliss-reactive ketones (excluding diaryl/α,β-unsaturated/α-hetero) is 1. The minimum Gasteiger partial charge on any atom is -0.382 e. The molecule has 2 aromatic rings. The molecule has 1 aromatic heterocycles. The van der Waals surface area contributed by atoms with Crippen LogP contribution in [0.2, 0.25) is 0 Å². The third kappa shape index (κ3) is 4.31. The summed E-state index contributed by atoms with van der Waals surface area (Å²) in [6.07, 6.45) is 0.209. The van der Waals surface area contributed by atoms with E-state index in [1.807, 2.05) is 0 Å². The van der Waals surface area contributed by atoms with Crippen molar-refractivity contribution in [1.82, 2.24) is 4.90 Å². The molecule has 1 N–H and O–H groups in total. The molecule has 2 atom stereocenters. The molecule has 0 saturated carbocycles. The van der Waals surface area contributed by atoms with Gasteiger partial charge in [0.1, 0.15) is 0 Å². The number of morpholine rings is 1. The molecule has 0 radical (unpaired) electrons. The summed E-state index contributed by atoms with van der Waals surface area (Å²) in [5.74, 6) is -0.00958. The number of hydrogen-bond acceptors (Lipinski definition) is 6. The van der Waals surface area contributed by atoms with E-state index in [0.29, 0.717) is 17.7 Å². The number of nitrogens with zero attached hydrogens (tertiary/aromatic N) is 2. The molecule has 6 heteroatoms. The Kier molecular flexibility index (Phi) is 6.04. The molecule has 26 heavy (non-hydrogen) atoms. The average molecular weight is 369 g/mol. The van der Waals surface area contributed by atoms with Crippen LogP contribution in [-0.2, 0) is 4.74 Å². The highest BCUT2D eigenvalue weighted by Gasteiger charge is 2.26. The molecule has 2 unspecified atom stereocenters. The second-order valence-electron chi connectivity index (χ2n) is 6.52. The van der Waals surface area contributed by atoms with E-state index in [4.69, 9.17) is 10.00 Å². The first-order chi connectivity index (χ1) is 12.6. The van der Waals surface area contributed by atoms with E-state index in [2.05, 4.69) is 40.7 Å². The third-order valence-corrected chi connectivity index (χ3v) is 5.57. The lowest BCUT2D eigenvalue weighted by molar-refractivity contribution is -0.0322. The summed E-state index contributed by atoms with van der Waals surface area (Å²) in [6, 6.07) is 11.7. The molecule has 0 spiro atoms. The fourth-order valence-corrected chi connectivity index (χ4v) is 4.15. The summed E-state index contributed by atoms with van der Waals surface area (Å²) in [7, 11) is 0. The average Bonchev–Trinajstić information content (AvgIpc) is 3.16. The molecule has 0 amide bonds. The van der Waals surface area contributed by atoms with E-state index >= 15 is 0 Å². The highest BCUT2D eigenvalue weighted by molar-refractivity contribution is 7.10. The first kappa shape index (κ1) is 18.6. The molecule has 2 heterocycles. The molecule has 0 aliphatic carbocycles. The molecule has 5 nitrogen and oxygen atoms in total. The van der Waals surface area contributed by atoms with Gasteiger partial charge in [-0.3, -0.25) is 9.69 Å². The van der Waals surface area contributed by atoms with Crippen LogP contribution in [0.15, 0.2) is 35.7 Å². The van der Waals surface area contributed by atoms with Crippen molar-refractivity contribution in [2.24, 2.45) is 0 Å². The molecule has 1 aromatic carbocycles. The molecule has 1 aliphatic rings. The number of hydrogen-bond donors (Lipinski definition) is 1. The Labute approximate surface area is 158 Å². The molecule has 3 rings (SSSR count). The first-order valence-corrected chi connectivity index (χ1v) is 9.64. The quantitative estimate of drug-likeness (QED) is 0.787.